The Morgan fingerprint density at radius 1 is 0.942 bits per heavy atom. The van der Waals surface area contributed by atoms with Gasteiger partial charge in [-0.1, -0.05) is 43.9 Å². The third-order valence-electron chi connectivity index (χ3n) is 8.64. The maximum absolute atomic E-state index is 13.2. The number of ether oxygens (including phenoxy) is 3. The molecule has 3 aromatic heterocycles. The van der Waals surface area contributed by atoms with E-state index in [-0.39, 0.29) is 18.2 Å². The summed E-state index contributed by atoms with van der Waals surface area (Å²) in [5, 5.41) is 2.82. The molecule has 52 heavy (non-hydrogen) atoms. The number of H-pyrrole nitrogens is 2. The molecule has 1 fully saturated rings. The SMILES string of the molecule is C[C@H](NC(=O)OC(C)(C)C)c1ncc(-c2ccc(-c3cnc(-c4c[nH]c([C@@H]5CCCN5C(=O)OC(C)(C)C)c4COCC[Si](C)(C)C)cn3)cc2)[nH]1. The molecule has 4 heterocycles. The van der Waals surface area contributed by atoms with Crippen LogP contribution in [0.25, 0.3) is 33.8 Å². The molecular formula is C39H55N7O5Si. The summed E-state index contributed by atoms with van der Waals surface area (Å²) in [6.07, 6.45) is 8.23. The number of rotatable bonds is 11. The quantitative estimate of drug-likeness (QED) is 0.102. The third kappa shape index (κ3) is 10.3. The highest BCUT2D eigenvalue weighted by atomic mass is 28.3. The molecular weight excluding hydrogens is 675 g/mol. The summed E-state index contributed by atoms with van der Waals surface area (Å²) in [4.78, 5) is 48.2. The molecule has 0 spiro atoms. The molecule has 280 valence electrons. The molecule has 0 radical (unpaired) electrons. The molecule has 2 atom stereocenters. The molecule has 1 aliphatic rings. The summed E-state index contributed by atoms with van der Waals surface area (Å²) in [5.41, 5.74) is 5.89. The minimum atomic E-state index is -1.27. The van der Waals surface area contributed by atoms with Crippen LogP contribution in [0.15, 0.2) is 49.1 Å². The number of carbonyl (C=O) groups excluding carboxylic acids is 2. The van der Waals surface area contributed by atoms with Crippen LogP contribution in [0.1, 0.15) is 90.5 Å². The number of nitrogens with zero attached hydrogens (tertiary/aromatic N) is 4. The first-order chi connectivity index (χ1) is 24.4. The van der Waals surface area contributed by atoms with Gasteiger partial charge in [-0.3, -0.25) is 14.9 Å². The van der Waals surface area contributed by atoms with E-state index in [1.165, 1.54) is 0 Å². The number of hydrogen-bond donors (Lipinski definition) is 3. The fraction of sp³-hybridized carbons (Fsp3) is 0.513. The van der Waals surface area contributed by atoms with Crippen LogP contribution in [0.5, 0.6) is 0 Å². The van der Waals surface area contributed by atoms with Crippen LogP contribution in [0.4, 0.5) is 9.59 Å². The van der Waals surface area contributed by atoms with Gasteiger partial charge in [0.15, 0.2) is 0 Å². The molecule has 0 bridgehead atoms. The van der Waals surface area contributed by atoms with Crippen molar-refractivity contribution < 1.29 is 23.8 Å². The van der Waals surface area contributed by atoms with E-state index >= 15 is 0 Å². The summed E-state index contributed by atoms with van der Waals surface area (Å²) in [6.45, 7) is 21.8. The number of amides is 2. The summed E-state index contributed by atoms with van der Waals surface area (Å²) in [7, 11) is -1.27. The number of alkyl carbamates (subject to hydrolysis) is 1. The van der Waals surface area contributed by atoms with E-state index in [0.717, 1.165) is 63.9 Å². The second-order valence-electron chi connectivity index (χ2n) is 16.7. The highest BCUT2D eigenvalue weighted by molar-refractivity contribution is 6.76. The molecule has 2 amide bonds. The minimum Gasteiger partial charge on any atom is -0.444 e. The second kappa shape index (κ2) is 15.6. The first kappa shape index (κ1) is 38.7. The predicted octanol–water partition coefficient (Wildman–Crippen LogP) is 9.04. The van der Waals surface area contributed by atoms with Gasteiger partial charge in [0, 0.05) is 49.8 Å². The lowest BCUT2D eigenvalue weighted by atomic mass is 10.0. The van der Waals surface area contributed by atoms with Crippen molar-refractivity contribution in [2.45, 2.75) is 117 Å². The van der Waals surface area contributed by atoms with Gasteiger partial charge < -0.3 is 29.5 Å². The van der Waals surface area contributed by atoms with E-state index in [1.54, 1.807) is 18.6 Å². The van der Waals surface area contributed by atoms with Gasteiger partial charge in [-0.25, -0.2) is 14.6 Å². The van der Waals surface area contributed by atoms with Crippen molar-refractivity contribution in [2.75, 3.05) is 13.2 Å². The first-order valence-electron chi connectivity index (χ1n) is 18.1. The Hall–Kier alpha value is -4.49. The number of aromatic amines is 2. The molecule has 1 aliphatic heterocycles. The van der Waals surface area contributed by atoms with Gasteiger partial charge >= 0.3 is 12.2 Å². The summed E-state index contributed by atoms with van der Waals surface area (Å²) in [6, 6.07) is 8.57. The van der Waals surface area contributed by atoms with E-state index in [1.807, 2.05) is 83.8 Å². The number of benzene rings is 1. The van der Waals surface area contributed by atoms with Gasteiger partial charge in [0.2, 0.25) is 0 Å². The zero-order valence-corrected chi connectivity index (χ0v) is 33.3. The van der Waals surface area contributed by atoms with Crippen molar-refractivity contribution in [1.82, 2.24) is 35.1 Å². The monoisotopic (exact) mass is 729 g/mol. The van der Waals surface area contributed by atoms with Crippen LogP contribution in [0.3, 0.4) is 0 Å². The van der Waals surface area contributed by atoms with E-state index in [9.17, 15) is 9.59 Å². The Kier molecular flexibility index (Phi) is 11.6. The summed E-state index contributed by atoms with van der Waals surface area (Å²) >= 11 is 0. The van der Waals surface area contributed by atoms with Crippen LogP contribution in [0.2, 0.25) is 25.7 Å². The lowest BCUT2D eigenvalue weighted by Crippen LogP contribution is -2.36. The van der Waals surface area contributed by atoms with Crippen LogP contribution >= 0.6 is 0 Å². The van der Waals surface area contributed by atoms with Crippen LogP contribution in [0, 0.1) is 0 Å². The van der Waals surface area contributed by atoms with Gasteiger partial charge in [-0.05, 0) is 72.9 Å². The van der Waals surface area contributed by atoms with Crippen molar-refractivity contribution >= 4 is 20.3 Å². The molecule has 1 saturated heterocycles. The zero-order chi connectivity index (χ0) is 37.8. The van der Waals surface area contributed by atoms with Gasteiger partial charge in [0.1, 0.15) is 17.0 Å². The fourth-order valence-electron chi connectivity index (χ4n) is 6.00. The number of likely N-dealkylation sites (tertiary alicyclic amines) is 1. The smallest absolute Gasteiger partial charge is 0.410 e. The number of carbonyl (C=O) groups is 2. The lowest BCUT2D eigenvalue weighted by molar-refractivity contribution is 0.0219. The number of hydrogen-bond acceptors (Lipinski definition) is 8. The first-order valence-corrected chi connectivity index (χ1v) is 21.8. The van der Waals surface area contributed by atoms with Gasteiger partial charge in [0.25, 0.3) is 0 Å². The average molecular weight is 730 g/mol. The number of aromatic nitrogens is 5. The van der Waals surface area contributed by atoms with Gasteiger partial charge in [0.05, 0.1) is 54.4 Å². The minimum absolute atomic E-state index is 0.139. The molecule has 0 saturated carbocycles. The Balaban J connectivity index is 1.32. The summed E-state index contributed by atoms with van der Waals surface area (Å²) in [5.74, 6) is 0.630. The van der Waals surface area contributed by atoms with Crippen molar-refractivity contribution in [1.29, 1.82) is 0 Å². The molecule has 1 aromatic carbocycles. The average Bonchev–Trinajstić information content (AvgIpc) is 3.81. The van der Waals surface area contributed by atoms with Crippen LogP contribution in [-0.4, -0.2) is 74.4 Å². The number of nitrogens with one attached hydrogen (secondary N) is 3. The van der Waals surface area contributed by atoms with Crippen molar-refractivity contribution in [3.8, 4) is 33.8 Å². The normalized spacial score (nSPS) is 15.8. The predicted molar refractivity (Wildman–Crippen MR) is 205 cm³/mol. The molecule has 12 nitrogen and oxygen atoms in total. The molecule has 5 rings (SSSR count). The Bertz CT molecular complexity index is 1820. The maximum atomic E-state index is 13.2. The standard InChI is InChI=1S/C39H55N7O5Si/c1-25(44-36(47)50-38(2,3)4)35-43-22-31(45-35)27-15-13-26(14-16-27)30-21-41-32(23-40-30)28-20-42-34(29(28)24-49-18-19-52(8,9)10)33-12-11-17-46(33)37(48)51-39(5,6)7/h13-16,20-23,25,33,42H,11-12,17-19,24H2,1-10H3,(H,43,45)(H,44,47)/t25-,33-/m0/s1. The molecule has 0 unspecified atom stereocenters. The topological polar surface area (TPSA) is 147 Å². The van der Waals surface area contributed by atoms with E-state index < -0.39 is 25.4 Å². The maximum Gasteiger partial charge on any atom is 0.410 e. The largest absolute Gasteiger partial charge is 0.444 e. The van der Waals surface area contributed by atoms with E-state index in [0.29, 0.717) is 25.6 Å². The Labute approximate surface area is 308 Å². The van der Waals surface area contributed by atoms with Crippen molar-refractivity contribution in [3.63, 3.8) is 0 Å². The van der Waals surface area contributed by atoms with Gasteiger partial charge in [-0.2, -0.15) is 0 Å². The molecule has 4 aromatic rings. The van der Waals surface area contributed by atoms with Crippen LogP contribution < -0.4 is 5.32 Å². The molecule has 13 heteroatoms. The lowest BCUT2D eigenvalue weighted by Gasteiger charge is -2.29. The zero-order valence-electron chi connectivity index (χ0n) is 32.3. The third-order valence-corrected chi connectivity index (χ3v) is 10.3. The van der Waals surface area contributed by atoms with Crippen molar-refractivity contribution in [3.05, 3.63) is 66.1 Å². The van der Waals surface area contributed by atoms with E-state index in [2.05, 4.69) is 39.9 Å². The van der Waals surface area contributed by atoms with Crippen LogP contribution in [-0.2, 0) is 20.8 Å². The molecule has 0 aliphatic carbocycles. The highest BCUT2D eigenvalue weighted by Gasteiger charge is 2.36. The van der Waals surface area contributed by atoms with Crippen molar-refractivity contribution in [2.24, 2.45) is 0 Å². The number of imidazole rings is 1. The second-order valence-corrected chi connectivity index (χ2v) is 22.3. The Morgan fingerprint density at radius 2 is 1.60 bits per heavy atom. The van der Waals surface area contributed by atoms with E-state index in [4.69, 9.17) is 24.2 Å². The Morgan fingerprint density at radius 3 is 2.23 bits per heavy atom. The summed E-state index contributed by atoms with van der Waals surface area (Å²) < 4.78 is 17.4. The highest BCUT2D eigenvalue weighted by Crippen LogP contribution is 2.38. The van der Waals surface area contributed by atoms with Gasteiger partial charge in [-0.15, -0.1) is 0 Å². The molecule has 3 N–H and O–H groups in total. The fourth-order valence-corrected chi connectivity index (χ4v) is 6.76.